The molecule has 3 heterocycles. The van der Waals surface area contributed by atoms with E-state index < -0.39 is 11.7 Å². The van der Waals surface area contributed by atoms with E-state index in [1.807, 2.05) is 133 Å². The van der Waals surface area contributed by atoms with Gasteiger partial charge in [0, 0.05) is 32.7 Å². The lowest BCUT2D eigenvalue weighted by Gasteiger charge is -2.17. The fourth-order valence-corrected chi connectivity index (χ4v) is 6.89. The quantitative estimate of drug-likeness (QED) is 0.191. The molecule has 0 N–H and O–H groups in total. The van der Waals surface area contributed by atoms with Gasteiger partial charge in [0.2, 0.25) is 5.95 Å². The van der Waals surface area contributed by atoms with Crippen molar-refractivity contribution in [3.8, 4) is 34.4 Å². The molecule has 0 saturated heterocycles. The number of fused-ring (bicyclic) bond motifs is 6. The van der Waals surface area contributed by atoms with Gasteiger partial charge in [-0.05, 0) is 55.5 Å². The highest BCUT2D eigenvalue weighted by atomic mass is 19.4. The molecule has 0 amide bonds. The average Bonchev–Trinajstić information content (AvgIpc) is 3.64. The van der Waals surface area contributed by atoms with Crippen LogP contribution < -0.4 is 0 Å². The summed E-state index contributed by atoms with van der Waals surface area (Å²) in [6.07, 6.45) is -4.67. The van der Waals surface area contributed by atoms with Gasteiger partial charge in [0.15, 0.2) is 11.6 Å². The summed E-state index contributed by atoms with van der Waals surface area (Å²) in [5, 5.41) is 3.82. The molecule has 0 spiro atoms. The molecule has 236 valence electrons. The maximum Gasteiger partial charge on any atom is 0.418 e. The van der Waals surface area contributed by atoms with Gasteiger partial charge in [0.05, 0.1) is 33.3 Å². The van der Waals surface area contributed by atoms with Crippen LogP contribution in [0.2, 0.25) is 0 Å². The number of benzene rings is 6. The lowest BCUT2D eigenvalue weighted by Crippen LogP contribution is -2.12. The third kappa shape index (κ3) is 4.67. The second-order valence-corrected chi connectivity index (χ2v) is 12.1. The highest BCUT2D eigenvalue weighted by Crippen LogP contribution is 2.41. The molecule has 8 heteroatoms. The second kappa shape index (κ2) is 10.9. The van der Waals surface area contributed by atoms with Gasteiger partial charge in [0.1, 0.15) is 0 Å². The molecule has 5 nitrogen and oxygen atoms in total. The molecular formula is C41H26F3N5. The average molecular weight is 646 g/mol. The number of rotatable bonds is 4. The number of halogens is 3. The van der Waals surface area contributed by atoms with Crippen LogP contribution in [0.1, 0.15) is 11.1 Å². The molecule has 3 aromatic heterocycles. The van der Waals surface area contributed by atoms with Crippen molar-refractivity contribution in [2.45, 2.75) is 13.1 Å². The number of aryl methyl sites for hydroxylation is 1. The van der Waals surface area contributed by atoms with E-state index in [1.165, 1.54) is 6.07 Å². The van der Waals surface area contributed by atoms with Gasteiger partial charge in [-0.3, -0.25) is 4.57 Å². The maximum absolute atomic E-state index is 15.1. The first-order chi connectivity index (χ1) is 23.8. The number of alkyl halides is 3. The van der Waals surface area contributed by atoms with Crippen LogP contribution in [-0.2, 0) is 6.18 Å². The summed E-state index contributed by atoms with van der Waals surface area (Å²) in [4.78, 5) is 14.5. The summed E-state index contributed by atoms with van der Waals surface area (Å²) in [6.45, 7) is 1.98. The summed E-state index contributed by atoms with van der Waals surface area (Å²) in [6, 6.07) is 43.0. The molecule has 0 bridgehead atoms. The van der Waals surface area contributed by atoms with E-state index in [0.717, 1.165) is 49.8 Å². The fourth-order valence-electron chi connectivity index (χ4n) is 6.89. The highest BCUT2D eigenvalue weighted by Gasteiger charge is 2.35. The molecule has 9 rings (SSSR count). The van der Waals surface area contributed by atoms with Crippen LogP contribution in [0.25, 0.3) is 78.0 Å². The zero-order valence-electron chi connectivity index (χ0n) is 26.1. The Morgan fingerprint density at radius 1 is 0.469 bits per heavy atom. The van der Waals surface area contributed by atoms with Crippen LogP contribution in [-0.4, -0.2) is 24.1 Å². The number of hydrogen-bond acceptors (Lipinski definition) is 3. The van der Waals surface area contributed by atoms with E-state index >= 15 is 13.2 Å². The Kier molecular flexibility index (Phi) is 6.42. The summed E-state index contributed by atoms with van der Waals surface area (Å²) in [7, 11) is 0. The lowest BCUT2D eigenvalue weighted by molar-refractivity contribution is -0.137. The Balaban J connectivity index is 1.31. The Hall–Kier alpha value is -6.28. The molecule has 0 aliphatic rings. The minimum Gasteiger partial charge on any atom is -0.309 e. The Labute approximate surface area is 278 Å². The number of aromatic nitrogens is 5. The Morgan fingerprint density at radius 3 is 1.63 bits per heavy atom. The Bertz CT molecular complexity index is 2670. The minimum atomic E-state index is -4.67. The van der Waals surface area contributed by atoms with E-state index in [-0.39, 0.29) is 17.1 Å². The molecule has 49 heavy (non-hydrogen) atoms. The van der Waals surface area contributed by atoms with Crippen molar-refractivity contribution in [3.05, 3.63) is 151 Å². The van der Waals surface area contributed by atoms with Crippen molar-refractivity contribution in [3.63, 3.8) is 0 Å². The zero-order chi connectivity index (χ0) is 33.3. The molecule has 0 fully saturated rings. The van der Waals surface area contributed by atoms with Crippen LogP contribution >= 0.6 is 0 Å². The first-order valence-corrected chi connectivity index (χ1v) is 15.9. The monoisotopic (exact) mass is 645 g/mol. The van der Waals surface area contributed by atoms with Crippen molar-refractivity contribution in [2.75, 3.05) is 0 Å². The number of hydrogen-bond donors (Lipinski definition) is 0. The maximum atomic E-state index is 15.1. The molecule has 0 aliphatic heterocycles. The normalized spacial score (nSPS) is 12.1. The van der Waals surface area contributed by atoms with E-state index in [0.29, 0.717) is 22.8 Å². The van der Waals surface area contributed by atoms with Gasteiger partial charge in [-0.1, -0.05) is 96.6 Å². The molecule has 0 unspecified atom stereocenters. The first-order valence-electron chi connectivity index (χ1n) is 15.9. The van der Waals surface area contributed by atoms with Gasteiger partial charge in [-0.2, -0.15) is 23.1 Å². The SMILES string of the molecule is Cc1ccc2c(c1)c1ccccc1n2-c1ccc(-c2nc(-c3ccccc3)nc(-n3c4ccccc4c4ccccc43)n2)cc1C(F)(F)F. The number of nitrogens with zero attached hydrogens (tertiary/aromatic N) is 5. The fraction of sp³-hybridized carbons (Fsp3) is 0.0488. The first kappa shape index (κ1) is 28.9. The Morgan fingerprint density at radius 2 is 1.00 bits per heavy atom. The predicted molar refractivity (Wildman–Crippen MR) is 189 cm³/mol. The summed E-state index contributed by atoms with van der Waals surface area (Å²) < 4.78 is 49.0. The van der Waals surface area contributed by atoms with Gasteiger partial charge in [-0.25, -0.2) is 4.98 Å². The molecule has 6 aromatic carbocycles. The molecule has 9 aromatic rings. The van der Waals surface area contributed by atoms with Crippen molar-refractivity contribution in [1.82, 2.24) is 24.1 Å². The highest BCUT2D eigenvalue weighted by molar-refractivity contribution is 6.10. The predicted octanol–water partition coefficient (Wildman–Crippen LogP) is 10.7. The van der Waals surface area contributed by atoms with Gasteiger partial charge in [0.25, 0.3) is 0 Å². The van der Waals surface area contributed by atoms with Crippen molar-refractivity contribution in [2.24, 2.45) is 0 Å². The minimum absolute atomic E-state index is 0.0336. The van der Waals surface area contributed by atoms with Crippen LogP contribution in [0.15, 0.2) is 140 Å². The van der Waals surface area contributed by atoms with Crippen molar-refractivity contribution < 1.29 is 13.2 Å². The van der Waals surface area contributed by atoms with E-state index in [1.54, 1.807) is 10.6 Å². The van der Waals surface area contributed by atoms with Crippen molar-refractivity contribution >= 4 is 43.6 Å². The smallest absolute Gasteiger partial charge is 0.309 e. The standard InChI is InChI=1S/C41H26F3N5/c1-25-19-21-36-31(23-25)30-15-7-8-16-33(30)48(36)37-22-20-27(24-32(37)41(42,43)44)39-45-38(26-11-3-2-4-12-26)46-40(47-39)49-34-17-9-5-13-28(34)29-14-6-10-18-35(29)49/h2-24H,1H3. The van der Waals surface area contributed by atoms with Crippen LogP contribution in [0.5, 0.6) is 0 Å². The van der Waals surface area contributed by atoms with Crippen LogP contribution in [0.3, 0.4) is 0 Å². The number of para-hydroxylation sites is 3. The van der Waals surface area contributed by atoms with Crippen LogP contribution in [0.4, 0.5) is 13.2 Å². The van der Waals surface area contributed by atoms with Crippen molar-refractivity contribution in [1.29, 1.82) is 0 Å². The molecule has 0 aliphatic carbocycles. The van der Waals surface area contributed by atoms with E-state index in [9.17, 15) is 0 Å². The third-order valence-corrected chi connectivity index (χ3v) is 9.06. The van der Waals surface area contributed by atoms with E-state index in [4.69, 9.17) is 15.0 Å². The van der Waals surface area contributed by atoms with Gasteiger partial charge < -0.3 is 4.57 Å². The van der Waals surface area contributed by atoms with Crippen LogP contribution in [0, 0.1) is 6.92 Å². The summed E-state index contributed by atoms with van der Waals surface area (Å²) >= 11 is 0. The van der Waals surface area contributed by atoms with Gasteiger partial charge in [-0.15, -0.1) is 0 Å². The molecule has 0 radical (unpaired) electrons. The summed E-state index contributed by atoms with van der Waals surface area (Å²) in [5.74, 6) is 0.815. The van der Waals surface area contributed by atoms with Gasteiger partial charge >= 0.3 is 6.18 Å². The largest absolute Gasteiger partial charge is 0.418 e. The third-order valence-electron chi connectivity index (χ3n) is 9.06. The molecular weight excluding hydrogens is 619 g/mol. The van der Waals surface area contributed by atoms with E-state index in [2.05, 4.69) is 0 Å². The second-order valence-electron chi connectivity index (χ2n) is 12.1. The zero-order valence-corrected chi connectivity index (χ0v) is 26.1. The lowest BCUT2D eigenvalue weighted by atomic mass is 10.1. The molecule has 0 saturated carbocycles. The summed E-state index contributed by atoms with van der Waals surface area (Å²) in [5.41, 5.74) is 4.40. The molecule has 0 atom stereocenters. The topological polar surface area (TPSA) is 48.5 Å².